The van der Waals surface area contributed by atoms with E-state index in [1.54, 1.807) is 30.2 Å². The summed E-state index contributed by atoms with van der Waals surface area (Å²) in [4.78, 5) is 19.8. The van der Waals surface area contributed by atoms with E-state index in [1.165, 1.54) is 11.8 Å². The summed E-state index contributed by atoms with van der Waals surface area (Å²) in [6.45, 7) is 1.88. The summed E-state index contributed by atoms with van der Waals surface area (Å²) in [5.74, 6) is 0.858. The highest BCUT2D eigenvalue weighted by molar-refractivity contribution is 7.99. The van der Waals surface area contributed by atoms with Crippen LogP contribution in [0.4, 0.5) is 5.82 Å². The third-order valence-electron chi connectivity index (χ3n) is 2.14. The van der Waals surface area contributed by atoms with Crippen LogP contribution in [0.5, 0.6) is 0 Å². The third-order valence-corrected chi connectivity index (χ3v) is 3.02. The van der Waals surface area contributed by atoms with Crippen LogP contribution in [-0.4, -0.2) is 31.4 Å². The molecule has 6 nitrogen and oxygen atoms in total. The zero-order valence-corrected chi connectivity index (χ0v) is 10.9. The smallest absolute Gasteiger partial charge is 0.235 e. The molecule has 0 radical (unpaired) electrons. The number of nitrogens with one attached hydrogen (secondary N) is 1. The molecule has 0 bridgehead atoms. The first kappa shape index (κ1) is 12.6. The van der Waals surface area contributed by atoms with Crippen molar-refractivity contribution in [2.45, 2.75) is 12.1 Å². The summed E-state index contributed by atoms with van der Waals surface area (Å²) in [7, 11) is 1.79. The van der Waals surface area contributed by atoms with E-state index in [0.717, 1.165) is 5.69 Å². The van der Waals surface area contributed by atoms with Crippen LogP contribution in [0.15, 0.2) is 29.7 Å². The van der Waals surface area contributed by atoms with E-state index in [9.17, 15) is 4.79 Å². The van der Waals surface area contributed by atoms with E-state index >= 15 is 0 Å². The Morgan fingerprint density at radius 3 is 2.78 bits per heavy atom. The van der Waals surface area contributed by atoms with E-state index in [2.05, 4.69) is 20.4 Å². The van der Waals surface area contributed by atoms with Crippen LogP contribution in [0.1, 0.15) is 5.69 Å². The van der Waals surface area contributed by atoms with Crippen molar-refractivity contribution in [2.75, 3.05) is 11.1 Å². The van der Waals surface area contributed by atoms with Crippen LogP contribution in [0.25, 0.3) is 0 Å². The number of carbonyl (C=O) groups excluding carboxylic acids is 1. The van der Waals surface area contributed by atoms with Gasteiger partial charge in [0, 0.05) is 25.5 Å². The first-order chi connectivity index (χ1) is 8.65. The number of thioether (sulfide) groups is 1. The Balaban J connectivity index is 1.88. The minimum Gasteiger partial charge on any atom is -0.310 e. The van der Waals surface area contributed by atoms with Crippen molar-refractivity contribution in [2.24, 2.45) is 7.05 Å². The molecule has 7 heteroatoms. The van der Waals surface area contributed by atoms with E-state index in [0.29, 0.717) is 11.0 Å². The van der Waals surface area contributed by atoms with Crippen molar-refractivity contribution in [1.29, 1.82) is 0 Å². The van der Waals surface area contributed by atoms with Crippen LogP contribution in [0.3, 0.4) is 0 Å². The maximum atomic E-state index is 11.7. The number of amides is 1. The second-order valence-corrected chi connectivity index (χ2v) is 4.61. The molecule has 0 fully saturated rings. The molecule has 94 valence electrons. The fourth-order valence-corrected chi connectivity index (χ4v) is 2.00. The van der Waals surface area contributed by atoms with Gasteiger partial charge >= 0.3 is 0 Å². The van der Waals surface area contributed by atoms with Crippen LogP contribution in [-0.2, 0) is 11.8 Å². The van der Waals surface area contributed by atoms with E-state index < -0.39 is 0 Å². The Bertz CT molecular complexity index is 540. The first-order valence-corrected chi connectivity index (χ1v) is 6.34. The highest BCUT2D eigenvalue weighted by Crippen LogP contribution is 2.13. The molecule has 0 aliphatic carbocycles. The maximum Gasteiger partial charge on any atom is 0.235 e. The minimum absolute atomic E-state index is 0.101. The SMILES string of the molecule is Cc1cc(NC(=O)CSc2ncccn2)n(C)n1. The molecule has 2 aromatic rings. The molecule has 0 saturated carbocycles. The number of aryl methyl sites for hydroxylation is 2. The fourth-order valence-electron chi connectivity index (χ4n) is 1.40. The lowest BCUT2D eigenvalue weighted by Gasteiger charge is -2.04. The summed E-state index contributed by atoms with van der Waals surface area (Å²) in [6.07, 6.45) is 3.30. The van der Waals surface area contributed by atoms with Crippen LogP contribution in [0, 0.1) is 6.92 Å². The van der Waals surface area contributed by atoms with Gasteiger partial charge in [0.1, 0.15) is 5.82 Å². The van der Waals surface area contributed by atoms with Gasteiger partial charge in [-0.1, -0.05) is 11.8 Å². The largest absolute Gasteiger partial charge is 0.310 e. The molecule has 2 aromatic heterocycles. The summed E-state index contributed by atoms with van der Waals surface area (Å²) >= 11 is 1.30. The molecule has 18 heavy (non-hydrogen) atoms. The Morgan fingerprint density at radius 1 is 1.44 bits per heavy atom. The molecule has 1 amide bonds. The number of aromatic nitrogens is 4. The van der Waals surface area contributed by atoms with Gasteiger partial charge in [-0.15, -0.1) is 0 Å². The molecule has 0 atom stereocenters. The molecule has 0 aliphatic rings. The average Bonchev–Trinajstić information content (AvgIpc) is 2.67. The van der Waals surface area contributed by atoms with Gasteiger partial charge < -0.3 is 5.32 Å². The van der Waals surface area contributed by atoms with Crippen LogP contribution < -0.4 is 5.32 Å². The number of anilines is 1. The molecular formula is C11H13N5OS. The van der Waals surface area contributed by atoms with Crippen LogP contribution >= 0.6 is 11.8 Å². The first-order valence-electron chi connectivity index (χ1n) is 5.35. The topological polar surface area (TPSA) is 72.7 Å². The summed E-state index contributed by atoms with van der Waals surface area (Å²) < 4.78 is 1.64. The summed E-state index contributed by atoms with van der Waals surface area (Å²) in [5, 5.41) is 7.53. The monoisotopic (exact) mass is 263 g/mol. The van der Waals surface area contributed by atoms with Crippen molar-refractivity contribution in [3.05, 3.63) is 30.2 Å². The fraction of sp³-hybridized carbons (Fsp3) is 0.273. The van der Waals surface area contributed by atoms with Crippen LogP contribution in [0.2, 0.25) is 0 Å². The van der Waals surface area contributed by atoms with Gasteiger partial charge in [-0.25, -0.2) is 9.97 Å². The third kappa shape index (κ3) is 3.30. The van der Waals surface area contributed by atoms with Gasteiger partial charge in [0.25, 0.3) is 0 Å². The zero-order valence-electron chi connectivity index (χ0n) is 10.1. The highest BCUT2D eigenvalue weighted by atomic mass is 32.2. The number of hydrogen-bond acceptors (Lipinski definition) is 5. The molecule has 2 rings (SSSR count). The molecule has 0 aromatic carbocycles. The normalized spacial score (nSPS) is 10.3. The molecule has 0 unspecified atom stereocenters. The molecule has 0 saturated heterocycles. The quantitative estimate of drug-likeness (QED) is 0.664. The Morgan fingerprint density at radius 2 is 2.17 bits per heavy atom. The van der Waals surface area contributed by atoms with Gasteiger partial charge in [0.2, 0.25) is 5.91 Å². The van der Waals surface area contributed by atoms with Gasteiger partial charge in [-0.3, -0.25) is 9.48 Å². The van der Waals surface area contributed by atoms with Crippen molar-refractivity contribution >= 4 is 23.5 Å². The number of rotatable bonds is 4. The maximum absolute atomic E-state index is 11.7. The summed E-state index contributed by atoms with van der Waals surface area (Å²) in [6, 6.07) is 3.56. The van der Waals surface area contributed by atoms with E-state index in [-0.39, 0.29) is 11.7 Å². The second-order valence-electron chi connectivity index (χ2n) is 3.66. The lowest BCUT2D eigenvalue weighted by molar-refractivity contribution is -0.113. The van der Waals surface area contributed by atoms with Gasteiger partial charge in [0.15, 0.2) is 5.16 Å². The number of nitrogens with zero attached hydrogens (tertiary/aromatic N) is 4. The predicted octanol–water partition coefficient (Wildman–Crippen LogP) is 1.25. The average molecular weight is 263 g/mol. The molecule has 0 spiro atoms. The van der Waals surface area contributed by atoms with Gasteiger partial charge in [-0.05, 0) is 13.0 Å². The Labute approximate surface area is 109 Å². The molecular weight excluding hydrogens is 250 g/mol. The lowest BCUT2D eigenvalue weighted by Crippen LogP contribution is -2.16. The van der Waals surface area contributed by atoms with Crippen molar-refractivity contribution in [1.82, 2.24) is 19.7 Å². The van der Waals surface area contributed by atoms with E-state index in [4.69, 9.17) is 0 Å². The minimum atomic E-state index is -0.101. The highest BCUT2D eigenvalue weighted by Gasteiger charge is 2.08. The standard InChI is InChI=1S/C11H13N5OS/c1-8-6-9(16(2)15-8)14-10(17)7-18-11-12-4-3-5-13-11/h3-6H,7H2,1-2H3,(H,14,17). The zero-order chi connectivity index (χ0) is 13.0. The summed E-state index contributed by atoms with van der Waals surface area (Å²) in [5.41, 5.74) is 0.867. The van der Waals surface area contributed by atoms with Gasteiger partial charge in [-0.2, -0.15) is 5.10 Å². The predicted molar refractivity (Wildman–Crippen MR) is 69.3 cm³/mol. The van der Waals surface area contributed by atoms with E-state index in [1.807, 2.05) is 13.0 Å². The molecule has 2 heterocycles. The van der Waals surface area contributed by atoms with Crippen molar-refractivity contribution < 1.29 is 4.79 Å². The van der Waals surface area contributed by atoms with Crippen molar-refractivity contribution in [3.8, 4) is 0 Å². The molecule has 0 aliphatic heterocycles. The lowest BCUT2D eigenvalue weighted by atomic mass is 10.4. The Kier molecular flexibility index (Phi) is 3.93. The number of carbonyl (C=O) groups is 1. The number of hydrogen-bond donors (Lipinski definition) is 1. The van der Waals surface area contributed by atoms with Crippen molar-refractivity contribution in [3.63, 3.8) is 0 Å². The van der Waals surface area contributed by atoms with Gasteiger partial charge in [0.05, 0.1) is 11.4 Å². The second kappa shape index (κ2) is 5.63. The Hall–Kier alpha value is -1.89. The molecule has 1 N–H and O–H groups in total.